The number of carbonyl (C=O) groups is 1. The predicted molar refractivity (Wildman–Crippen MR) is 115 cm³/mol. The van der Waals surface area contributed by atoms with Crippen molar-refractivity contribution in [1.29, 1.82) is 0 Å². The molecule has 0 fully saturated rings. The lowest BCUT2D eigenvalue weighted by Gasteiger charge is -2.09. The molecule has 0 unspecified atom stereocenters. The average molecular weight is 433 g/mol. The van der Waals surface area contributed by atoms with Gasteiger partial charge in [-0.05, 0) is 23.8 Å². The fraction of sp³-hybridized carbons (Fsp3) is 0.150. The molecule has 1 heterocycles. The third kappa shape index (κ3) is 5.16. The number of allylic oxidation sites excluding steroid dienone is 1. The highest BCUT2D eigenvalue weighted by Crippen LogP contribution is 2.31. The molecule has 5 nitrogen and oxygen atoms in total. The number of nitrogens with one attached hydrogen (secondary N) is 1. The molecule has 1 N–H and O–H groups in total. The lowest BCUT2D eigenvalue weighted by atomic mass is 10.2. The van der Waals surface area contributed by atoms with Gasteiger partial charge in [0.1, 0.15) is 0 Å². The summed E-state index contributed by atoms with van der Waals surface area (Å²) in [6.07, 6.45) is 1.75. The summed E-state index contributed by atoms with van der Waals surface area (Å²) in [7, 11) is 0. The Morgan fingerprint density at radius 1 is 1.18 bits per heavy atom. The van der Waals surface area contributed by atoms with Gasteiger partial charge >= 0.3 is 0 Å². The van der Waals surface area contributed by atoms with Crippen molar-refractivity contribution in [2.45, 2.75) is 18.2 Å². The zero-order valence-electron chi connectivity index (χ0n) is 14.9. The van der Waals surface area contributed by atoms with Gasteiger partial charge in [-0.1, -0.05) is 71.4 Å². The van der Waals surface area contributed by atoms with Crippen molar-refractivity contribution in [2.75, 3.05) is 5.75 Å². The lowest BCUT2D eigenvalue weighted by molar-refractivity contribution is -0.118. The monoisotopic (exact) mass is 432 g/mol. The van der Waals surface area contributed by atoms with Crippen LogP contribution >= 0.6 is 35.0 Å². The summed E-state index contributed by atoms with van der Waals surface area (Å²) in [5.41, 5.74) is 1.77. The molecule has 2 aromatic carbocycles. The molecular formula is C20H18Cl2N4OS. The highest BCUT2D eigenvalue weighted by molar-refractivity contribution is 7.99. The molecule has 0 aliphatic carbocycles. The Morgan fingerprint density at radius 3 is 2.68 bits per heavy atom. The molecule has 0 aliphatic heterocycles. The third-order valence-corrected chi connectivity index (χ3v) is 5.38. The molecule has 3 aromatic rings. The van der Waals surface area contributed by atoms with E-state index in [2.05, 4.69) is 22.1 Å². The second-order valence-corrected chi connectivity index (χ2v) is 7.67. The zero-order chi connectivity index (χ0) is 19.9. The summed E-state index contributed by atoms with van der Waals surface area (Å²) in [4.78, 5) is 12.2. The van der Waals surface area contributed by atoms with E-state index in [1.54, 1.807) is 24.3 Å². The Hall–Kier alpha value is -2.28. The van der Waals surface area contributed by atoms with Gasteiger partial charge in [0.2, 0.25) is 5.91 Å². The number of thioether (sulfide) groups is 1. The van der Waals surface area contributed by atoms with Crippen molar-refractivity contribution in [2.24, 2.45) is 0 Å². The zero-order valence-corrected chi connectivity index (χ0v) is 17.3. The van der Waals surface area contributed by atoms with Gasteiger partial charge in [0.05, 0.1) is 10.8 Å². The van der Waals surface area contributed by atoms with Gasteiger partial charge in [0.25, 0.3) is 0 Å². The van der Waals surface area contributed by atoms with E-state index >= 15 is 0 Å². The first-order chi connectivity index (χ1) is 13.6. The van der Waals surface area contributed by atoms with Crippen LogP contribution in [-0.2, 0) is 17.9 Å². The van der Waals surface area contributed by atoms with Gasteiger partial charge in [-0.3, -0.25) is 9.36 Å². The number of nitrogens with zero attached hydrogens (tertiary/aromatic N) is 3. The van der Waals surface area contributed by atoms with Gasteiger partial charge < -0.3 is 5.32 Å². The molecule has 0 spiro atoms. The Balaban J connectivity index is 1.69. The molecule has 0 radical (unpaired) electrons. The van der Waals surface area contributed by atoms with Crippen LogP contribution in [0.5, 0.6) is 0 Å². The van der Waals surface area contributed by atoms with E-state index in [4.69, 9.17) is 23.2 Å². The molecule has 8 heteroatoms. The van der Waals surface area contributed by atoms with E-state index in [1.807, 2.05) is 34.9 Å². The van der Waals surface area contributed by atoms with Crippen LogP contribution in [0, 0.1) is 0 Å². The third-order valence-electron chi connectivity index (χ3n) is 3.87. The van der Waals surface area contributed by atoms with Crippen molar-refractivity contribution in [3.63, 3.8) is 0 Å². The second-order valence-electron chi connectivity index (χ2n) is 5.88. The van der Waals surface area contributed by atoms with Crippen LogP contribution in [0.15, 0.2) is 66.3 Å². The Kier molecular flexibility index (Phi) is 7.14. The van der Waals surface area contributed by atoms with E-state index < -0.39 is 0 Å². The van der Waals surface area contributed by atoms with Crippen LogP contribution in [0.25, 0.3) is 11.4 Å². The fourth-order valence-corrected chi connectivity index (χ4v) is 3.81. The van der Waals surface area contributed by atoms with E-state index in [9.17, 15) is 4.79 Å². The summed E-state index contributed by atoms with van der Waals surface area (Å²) in [5.74, 6) is 0.762. The number of rotatable bonds is 8. The summed E-state index contributed by atoms with van der Waals surface area (Å²) in [5, 5.41) is 13.0. The Bertz CT molecular complexity index is 976. The first kappa shape index (κ1) is 20.5. The molecule has 0 aliphatic rings. The van der Waals surface area contributed by atoms with E-state index in [0.717, 1.165) is 11.1 Å². The number of halogens is 2. The summed E-state index contributed by atoms with van der Waals surface area (Å²) < 4.78 is 1.87. The first-order valence-corrected chi connectivity index (χ1v) is 10.3. The van der Waals surface area contributed by atoms with Gasteiger partial charge in [0, 0.05) is 23.7 Å². The number of hydrogen-bond acceptors (Lipinski definition) is 4. The van der Waals surface area contributed by atoms with Crippen LogP contribution in [0.2, 0.25) is 10.0 Å². The minimum atomic E-state index is -0.0759. The SMILES string of the molecule is C=CCn1c(SCC(=O)NCc2ccccc2)nnc1-c1ccc(Cl)cc1Cl. The molecule has 3 rings (SSSR count). The molecule has 0 saturated carbocycles. The minimum absolute atomic E-state index is 0.0759. The molecule has 0 atom stereocenters. The molecule has 0 saturated heterocycles. The number of amides is 1. The maximum atomic E-state index is 12.2. The van der Waals surface area contributed by atoms with Crippen molar-refractivity contribution in [1.82, 2.24) is 20.1 Å². The van der Waals surface area contributed by atoms with E-state index in [1.165, 1.54) is 11.8 Å². The lowest BCUT2D eigenvalue weighted by Crippen LogP contribution is -2.24. The Morgan fingerprint density at radius 2 is 1.96 bits per heavy atom. The quantitative estimate of drug-likeness (QED) is 0.408. The molecule has 28 heavy (non-hydrogen) atoms. The second kappa shape index (κ2) is 9.78. The molecule has 144 valence electrons. The van der Waals surface area contributed by atoms with Crippen molar-refractivity contribution >= 4 is 40.9 Å². The largest absolute Gasteiger partial charge is 0.351 e. The summed E-state index contributed by atoms with van der Waals surface area (Å²) >= 11 is 13.6. The van der Waals surface area contributed by atoms with Crippen LogP contribution < -0.4 is 5.32 Å². The standard InChI is InChI=1S/C20H18Cl2N4OS/c1-2-10-26-19(16-9-8-15(21)11-17(16)22)24-25-20(26)28-13-18(27)23-12-14-6-4-3-5-7-14/h2-9,11H,1,10,12-13H2,(H,23,27). The number of aromatic nitrogens is 3. The van der Waals surface area contributed by atoms with E-state index in [0.29, 0.717) is 34.1 Å². The van der Waals surface area contributed by atoms with Crippen LogP contribution in [0.3, 0.4) is 0 Å². The highest BCUT2D eigenvalue weighted by Gasteiger charge is 2.17. The maximum Gasteiger partial charge on any atom is 0.230 e. The predicted octanol–water partition coefficient (Wildman–Crippen LogP) is 4.85. The number of benzene rings is 2. The molecule has 0 bridgehead atoms. The molecule has 1 aromatic heterocycles. The Labute approximate surface area is 177 Å². The number of hydrogen-bond donors (Lipinski definition) is 1. The highest BCUT2D eigenvalue weighted by atomic mass is 35.5. The minimum Gasteiger partial charge on any atom is -0.351 e. The van der Waals surface area contributed by atoms with Crippen molar-refractivity contribution in [3.8, 4) is 11.4 Å². The number of carbonyl (C=O) groups excluding carboxylic acids is 1. The van der Waals surface area contributed by atoms with Crippen molar-refractivity contribution < 1.29 is 4.79 Å². The summed E-state index contributed by atoms with van der Waals surface area (Å²) in [6.45, 7) is 4.77. The van der Waals surface area contributed by atoms with Gasteiger partial charge in [-0.15, -0.1) is 16.8 Å². The van der Waals surface area contributed by atoms with Crippen LogP contribution in [0.4, 0.5) is 0 Å². The van der Waals surface area contributed by atoms with Crippen LogP contribution in [-0.4, -0.2) is 26.4 Å². The fourth-order valence-electron chi connectivity index (χ4n) is 2.54. The van der Waals surface area contributed by atoms with Gasteiger partial charge in [-0.2, -0.15) is 0 Å². The van der Waals surface area contributed by atoms with Gasteiger partial charge in [0.15, 0.2) is 11.0 Å². The molecule has 1 amide bonds. The first-order valence-electron chi connectivity index (χ1n) is 8.51. The average Bonchev–Trinajstić information content (AvgIpc) is 3.08. The van der Waals surface area contributed by atoms with Crippen molar-refractivity contribution in [3.05, 3.63) is 76.8 Å². The summed E-state index contributed by atoms with van der Waals surface area (Å²) in [6, 6.07) is 15.0. The van der Waals surface area contributed by atoms with Gasteiger partial charge in [-0.25, -0.2) is 0 Å². The normalized spacial score (nSPS) is 10.6. The maximum absolute atomic E-state index is 12.2. The topological polar surface area (TPSA) is 59.8 Å². The molecular weight excluding hydrogens is 415 g/mol. The van der Waals surface area contributed by atoms with E-state index in [-0.39, 0.29) is 11.7 Å². The van der Waals surface area contributed by atoms with Crippen LogP contribution in [0.1, 0.15) is 5.56 Å². The smallest absolute Gasteiger partial charge is 0.230 e.